The summed E-state index contributed by atoms with van der Waals surface area (Å²) >= 11 is 1.39. The van der Waals surface area contributed by atoms with E-state index < -0.39 is 23.2 Å². The smallest absolute Gasteiger partial charge is 0.292 e. The Morgan fingerprint density at radius 2 is 2.23 bits per heavy atom. The van der Waals surface area contributed by atoms with Crippen LogP contribution in [-0.4, -0.2) is 26.3 Å². The van der Waals surface area contributed by atoms with Gasteiger partial charge < -0.3 is 0 Å². The molecule has 1 atom stereocenters. The van der Waals surface area contributed by atoms with Crippen molar-refractivity contribution in [2.45, 2.75) is 29.7 Å². The Kier molecular flexibility index (Phi) is 3.59. The highest BCUT2D eigenvalue weighted by Gasteiger charge is 2.36. The molecule has 3 rings (SSSR count). The summed E-state index contributed by atoms with van der Waals surface area (Å²) in [5.41, 5.74) is 2.15. The number of nitrogens with zero attached hydrogens (tertiary/aromatic N) is 2. The number of nitrogens with one attached hydrogen (secondary N) is 2. The molecule has 9 heteroatoms. The predicted molar refractivity (Wildman–Crippen MR) is 74.5 cm³/mol. The number of halogens is 3. The summed E-state index contributed by atoms with van der Waals surface area (Å²) in [5.74, 6) is -2.02. The Morgan fingerprint density at radius 1 is 1.45 bits per heavy atom. The van der Waals surface area contributed by atoms with Gasteiger partial charge in [0.05, 0.1) is 5.25 Å². The summed E-state index contributed by atoms with van der Waals surface area (Å²) in [5, 5.41) is 7.03. The molecular weight excluding hydrogens is 317 g/mol. The second-order valence-corrected chi connectivity index (χ2v) is 6.16. The van der Waals surface area contributed by atoms with Gasteiger partial charge in [-0.05, 0) is 25.0 Å². The molecule has 1 aliphatic heterocycles. The molecule has 0 spiro atoms. The van der Waals surface area contributed by atoms with E-state index in [9.17, 15) is 18.0 Å². The first-order chi connectivity index (χ1) is 10.3. The molecule has 0 unspecified atom stereocenters. The number of hydrogen-bond acceptors (Lipinski definition) is 4. The van der Waals surface area contributed by atoms with Crippen LogP contribution in [0.1, 0.15) is 17.0 Å². The first-order valence-electron chi connectivity index (χ1n) is 6.39. The van der Waals surface area contributed by atoms with Crippen molar-refractivity contribution >= 4 is 23.6 Å². The molecule has 2 aromatic rings. The Morgan fingerprint density at radius 3 is 2.91 bits per heavy atom. The number of hydrogen-bond donors (Lipinski definition) is 2. The number of anilines is 1. The lowest BCUT2D eigenvalue weighted by Gasteiger charge is -2.06. The van der Waals surface area contributed by atoms with Crippen LogP contribution in [0.2, 0.25) is 0 Å². The van der Waals surface area contributed by atoms with E-state index in [0.29, 0.717) is 6.42 Å². The zero-order valence-corrected chi connectivity index (χ0v) is 12.2. The minimum absolute atomic E-state index is 0.370. The first kappa shape index (κ1) is 14.9. The van der Waals surface area contributed by atoms with Crippen molar-refractivity contribution in [3.63, 3.8) is 0 Å². The van der Waals surface area contributed by atoms with E-state index in [1.807, 2.05) is 25.1 Å². The third-order valence-corrected chi connectivity index (χ3v) is 4.48. The Labute approximate surface area is 127 Å². The number of rotatable bonds is 2. The number of amides is 1. The molecule has 2 heterocycles. The van der Waals surface area contributed by atoms with Crippen LogP contribution < -0.4 is 5.32 Å². The number of benzene rings is 1. The van der Waals surface area contributed by atoms with Crippen LogP contribution in [0, 0.1) is 6.92 Å². The standard InChI is InChI=1S/C13H11F3N4OS/c1-6-2-3-7-5-9(22-8(7)4-6)10(21)17-12-18-11(19-20-12)13(14,15)16/h2-4,9H,5H2,1H3,(H2,17,18,19,20,21)/t9-/m1/s1. The van der Waals surface area contributed by atoms with Crippen LogP contribution in [0.25, 0.3) is 0 Å². The Bertz CT molecular complexity index is 728. The third kappa shape index (κ3) is 2.94. The van der Waals surface area contributed by atoms with Gasteiger partial charge in [-0.25, -0.2) is 0 Å². The van der Waals surface area contributed by atoms with E-state index in [-0.39, 0.29) is 5.95 Å². The van der Waals surface area contributed by atoms with E-state index in [1.54, 1.807) is 5.10 Å². The van der Waals surface area contributed by atoms with E-state index in [1.165, 1.54) is 11.8 Å². The highest BCUT2D eigenvalue weighted by molar-refractivity contribution is 8.01. The SMILES string of the molecule is Cc1ccc2c(c1)S[C@@H](C(=O)Nc1n[nH]c(C(F)(F)F)n1)C2. The van der Waals surface area contributed by atoms with Gasteiger partial charge in [-0.3, -0.25) is 15.2 Å². The number of carbonyl (C=O) groups is 1. The van der Waals surface area contributed by atoms with Crippen molar-refractivity contribution in [2.24, 2.45) is 0 Å². The maximum Gasteiger partial charge on any atom is 0.451 e. The number of thioether (sulfide) groups is 1. The largest absolute Gasteiger partial charge is 0.451 e. The van der Waals surface area contributed by atoms with Gasteiger partial charge in [-0.2, -0.15) is 18.2 Å². The number of carbonyl (C=O) groups excluding carboxylic acids is 1. The molecule has 0 bridgehead atoms. The molecule has 0 radical (unpaired) electrons. The number of aryl methyl sites for hydroxylation is 1. The predicted octanol–water partition coefficient (Wildman–Crippen LogP) is 2.79. The molecule has 0 saturated carbocycles. The minimum Gasteiger partial charge on any atom is -0.292 e. The number of fused-ring (bicyclic) bond motifs is 1. The van der Waals surface area contributed by atoms with Crippen LogP contribution in [-0.2, 0) is 17.4 Å². The molecule has 22 heavy (non-hydrogen) atoms. The molecule has 116 valence electrons. The van der Waals surface area contributed by atoms with Gasteiger partial charge >= 0.3 is 6.18 Å². The van der Waals surface area contributed by atoms with Crippen molar-refractivity contribution < 1.29 is 18.0 Å². The summed E-state index contributed by atoms with van der Waals surface area (Å²) in [7, 11) is 0. The molecular formula is C13H11F3N4OS. The Hall–Kier alpha value is -2.03. The fourth-order valence-corrected chi connectivity index (χ4v) is 3.41. The van der Waals surface area contributed by atoms with Crippen LogP contribution in [0.4, 0.5) is 19.1 Å². The second-order valence-electron chi connectivity index (χ2n) is 4.92. The average molecular weight is 328 g/mol. The zero-order valence-electron chi connectivity index (χ0n) is 11.4. The molecule has 0 saturated heterocycles. The van der Waals surface area contributed by atoms with Crippen LogP contribution in [0.5, 0.6) is 0 Å². The summed E-state index contributed by atoms with van der Waals surface area (Å²) in [4.78, 5) is 16.4. The van der Waals surface area contributed by atoms with Crippen molar-refractivity contribution in [2.75, 3.05) is 5.32 Å². The van der Waals surface area contributed by atoms with Crippen LogP contribution in [0.15, 0.2) is 23.1 Å². The molecule has 2 N–H and O–H groups in total. The van der Waals surface area contributed by atoms with Crippen LogP contribution in [0.3, 0.4) is 0 Å². The van der Waals surface area contributed by atoms with Gasteiger partial charge in [0, 0.05) is 4.90 Å². The lowest BCUT2D eigenvalue weighted by atomic mass is 10.1. The van der Waals surface area contributed by atoms with Gasteiger partial charge in [-0.1, -0.05) is 17.7 Å². The number of H-pyrrole nitrogens is 1. The minimum atomic E-state index is -4.62. The highest BCUT2D eigenvalue weighted by Crippen LogP contribution is 2.38. The maximum absolute atomic E-state index is 12.4. The van der Waals surface area contributed by atoms with Crippen molar-refractivity contribution in [3.8, 4) is 0 Å². The van der Waals surface area contributed by atoms with Crippen molar-refractivity contribution in [1.82, 2.24) is 15.2 Å². The van der Waals surface area contributed by atoms with Gasteiger partial charge in [0.25, 0.3) is 0 Å². The molecule has 1 aliphatic rings. The van der Waals surface area contributed by atoms with Gasteiger partial charge in [0.1, 0.15) is 0 Å². The van der Waals surface area contributed by atoms with Crippen molar-refractivity contribution in [1.29, 1.82) is 0 Å². The fraction of sp³-hybridized carbons (Fsp3) is 0.308. The third-order valence-electron chi connectivity index (χ3n) is 3.18. The number of aromatic amines is 1. The Balaban J connectivity index is 1.68. The van der Waals surface area contributed by atoms with E-state index in [4.69, 9.17) is 0 Å². The van der Waals surface area contributed by atoms with E-state index in [0.717, 1.165) is 16.0 Å². The summed E-state index contributed by atoms with van der Waals surface area (Å²) in [6.07, 6.45) is -4.09. The molecule has 0 fully saturated rings. The lowest BCUT2D eigenvalue weighted by Crippen LogP contribution is -2.25. The quantitative estimate of drug-likeness (QED) is 0.889. The fourth-order valence-electron chi connectivity index (χ4n) is 2.12. The molecule has 1 amide bonds. The van der Waals surface area contributed by atoms with Gasteiger partial charge in [-0.15, -0.1) is 16.9 Å². The lowest BCUT2D eigenvalue weighted by molar-refractivity contribution is -0.144. The summed E-state index contributed by atoms with van der Waals surface area (Å²) < 4.78 is 37.2. The topological polar surface area (TPSA) is 70.7 Å². The molecule has 1 aromatic heterocycles. The summed E-state index contributed by atoms with van der Waals surface area (Å²) in [6, 6.07) is 5.91. The maximum atomic E-state index is 12.4. The normalized spacial score (nSPS) is 17.4. The van der Waals surface area contributed by atoms with E-state index >= 15 is 0 Å². The highest BCUT2D eigenvalue weighted by atomic mass is 32.2. The zero-order chi connectivity index (χ0) is 15.9. The second kappa shape index (κ2) is 5.31. The van der Waals surface area contributed by atoms with Gasteiger partial charge in [0.15, 0.2) is 0 Å². The van der Waals surface area contributed by atoms with Crippen LogP contribution >= 0.6 is 11.8 Å². The van der Waals surface area contributed by atoms with E-state index in [2.05, 4.69) is 15.4 Å². The number of alkyl halides is 3. The monoisotopic (exact) mass is 328 g/mol. The molecule has 5 nitrogen and oxygen atoms in total. The summed E-state index contributed by atoms with van der Waals surface area (Å²) in [6.45, 7) is 1.96. The molecule has 0 aliphatic carbocycles. The average Bonchev–Trinajstić information content (AvgIpc) is 3.03. The first-order valence-corrected chi connectivity index (χ1v) is 7.27. The number of aromatic nitrogens is 3. The van der Waals surface area contributed by atoms with Crippen molar-refractivity contribution in [3.05, 3.63) is 35.2 Å². The molecule has 1 aromatic carbocycles. The van der Waals surface area contributed by atoms with Gasteiger partial charge in [0.2, 0.25) is 17.7 Å².